The zero-order valence-corrected chi connectivity index (χ0v) is 15.7. The molecule has 2 aliphatic rings. The predicted octanol–water partition coefficient (Wildman–Crippen LogP) is 1.83. The van der Waals surface area contributed by atoms with Crippen molar-refractivity contribution in [1.29, 1.82) is 0 Å². The van der Waals surface area contributed by atoms with Crippen LogP contribution in [-0.4, -0.2) is 51.6 Å². The lowest BCUT2D eigenvalue weighted by Gasteiger charge is -2.27. The molecule has 2 fully saturated rings. The number of fused-ring (bicyclic) bond motifs is 1. The number of carbonyl (C=O) groups is 1. The summed E-state index contributed by atoms with van der Waals surface area (Å²) in [4.78, 5) is 12.4. The Bertz CT molecular complexity index is 730. The third kappa shape index (κ3) is 3.38. The molecule has 25 heavy (non-hydrogen) atoms. The summed E-state index contributed by atoms with van der Waals surface area (Å²) in [6.07, 6.45) is 0.423. The average Bonchev–Trinajstić information content (AvgIpc) is 3.06. The molecule has 0 bridgehead atoms. The predicted molar refractivity (Wildman–Crippen MR) is 92.5 cm³/mol. The number of ether oxygens (including phenoxy) is 2. The zero-order valence-electron chi connectivity index (χ0n) is 14.8. The van der Waals surface area contributed by atoms with Gasteiger partial charge in [0.25, 0.3) is 0 Å². The van der Waals surface area contributed by atoms with Gasteiger partial charge in [-0.25, -0.2) is 8.42 Å². The largest absolute Gasteiger partial charge is 0.359 e. The Hall–Kier alpha value is -1.28. The smallest absolute Gasteiger partial charge is 0.243 e. The van der Waals surface area contributed by atoms with Gasteiger partial charge in [-0.05, 0) is 30.9 Å². The van der Waals surface area contributed by atoms with Crippen molar-refractivity contribution in [2.24, 2.45) is 17.8 Å². The Morgan fingerprint density at radius 3 is 2.52 bits per heavy atom. The molecular formula is C18H25NO5S. The second-order valence-electron chi connectivity index (χ2n) is 7.02. The number of nitrogens with zero attached hydrogens (tertiary/aromatic N) is 1. The molecule has 1 saturated carbocycles. The van der Waals surface area contributed by atoms with Crippen molar-refractivity contribution >= 4 is 15.8 Å². The minimum atomic E-state index is -3.62. The van der Waals surface area contributed by atoms with Crippen LogP contribution in [0.15, 0.2) is 29.2 Å². The Morgan fingerprint density at radius 2 is 1.88 bits per heavy atom. The van der Waals surface area contributed by atoms with Crippen molar-refractivity contribution in [1.82, 2.24) is 4.31 Å². The van der Waals surface area contributed by atoms with Gasteiger partial charge < -0.3 is 9.47 Å². The van der Waals surface area contributed by atoms with E-state index >= 15 is 0 Å². The number of rotatable bonds is 6. The molecule has 138 valence electrons. The summed E-state index contributed by atoms with van der Waals surface area (Å²) >= 11 is 0. The lowest BCUT2D eigenvalue weighted by atomic mass is 9.90. The highest BCUT2D eigenvalue weighted by Crippen LogP contribution is 2.45. The summed E-state index contributed by atoms with van der Waals surface area (Å²) in [5.41, 5.74) is 1.01. The van der Waals surface area contributed by atoms with Crippen LogP contribution in [0.1, 0.15) is 18.9 Å². The molecule has 0 radical (unpaired) electrons. The molecule has 1 saturated heterocycles. The first-order chi connectivity index (χ1) is 11.9. The van der Waals surface area contributed by atoms with Gasteiger partial charge in [0.05, 0.1) is 17.5 Å². The van der Waals surface area contributed by atoms with Crippen LogP contribution in [0.25, 0.3) is 0 Å². The number of carbonyl (C=O) groups excluding carboxylic acids is 1. The number of hydrogen-bond donors (Lipinski definition) is 0. The first kappa shape index (κ1) is 18.5. The lowest BCUT2D eigenvalue weighted by molar-refractivity contribution is -0.121. The summed E-state index contributed by atoms with van der Waals surface area (Å²) in [5, 5.41) is 0. The van der Waals surface area contributed by atoms with Crippen LogP contribution < -0.4 is 0 Å². The average molecular weight is 367 g/mol. The number of ketones is 1. The molecule has 6 nitrogen and oxygen atoms in total. The maximum absolute atomic E-state index is 13.2. The Morgan fingerprint density at radius 1 is 1.20 bits per heavy atom. The molecule has 0 amide bonds. The van der Waals surface area contributed by atoms with E-state index in [1.807, 2.05) is 13.8 Å². The van der Waals surface area contributed by atoms with E-state index in [2.05, 4.69) is 0 Å². The van der Waals surface area contributed by atoms with Gasteiger partial charge in [0.1, 0.15) is 12.6 Å². The van der Waals surface area contributed by atoms with Crippen LogP contribution in [-0.2, 0) is 24.3 Å². The zero-order chi connectivity index (χ0) is 18.2. The fraction of sp³-hybridized carbons (Fsp3) is 0.611. The molecular weight excluding hydrogens is 342 g/mol. The minimum Gasteiger partial charge on any atom is -0.359 e. The van der Waals surface area contributed by atoms with Crippen LogP contribution in [0.4, 0.5) is 0 Å². The van der Waals surface area contributed by atoms with E-state index in [1.54, 1.807) is 24.3 Å². The van der Waals surface area contributed by atoms with E-state index < -0.39 is 10.0 Å². The maximum atomic E-state index is 13.2. The van der Waals surface area contributed by atoms with Gasteiger partial charge in [-0.2, -0.15) is 4.31 Å². The molecule has 1 aliphatic heterocycles. The highest BCUT2D eigenvalue weighted by Gasteiger charge is 2.54. The van der Waals surface area contributed by atoms with Gasteiger partial charge in [0.2, 0.25) is 10.0 Å². The fourth-order valence-electron chi connectivity index (χ4n) is 4.03. The van der Waals surface area contributed by atoms with Crippen LogP contribution >= 0.6 is 0 Å². The number of methoxy groups -OCH3 is 1. The monoisotopic (exact) mass is 367 g/mol. The summed E-state index contributed by atoms with van der Waals surface area (Å²) in [6.45, 7) is 4.54. The lowest BCUT2D eigenvalue weighted by Crippen LogP contribution is -2.41. The number of benzene rings is 1. The summed E-state index contributed by atoms with van der Waals surface area (Å²) < 4.78 is 38.3. The number of Topliss-reactive ketones (excluding diaryl/α,β-unsaturated/α-hetero) is 1. The molecule has 1 aliphatic carbocycles. The van der Waals surface area contributed by atoms with Crippen molar-refractivity contribution < 1.29 is 22.7 Å². The van der Waals surface area contributed by atoms with Crippen molar-refractivity contribution in [3.63, 3.8) is 0 Å². The standard InChI is InChI=1S/C18H25NO5S/c1-12-4-6-14(7-5-12)25(21,22)19-9-16-13(2)18(20)8-15(16)17(19)10-24-11-23-3/h4-7,13,15-17H,8-11H2,1-3H3/t13-,15-,16+,17+/m0/s1. The summed E-state index contributed by atoms with van der Waals surface area (Å²) in [6, 6.07) is 6.54. The van der Waals surface area contributed by atoms with Crippen molar-refractivity contribution in [3.8, 4) is 0 Å². The quantitative estimate of drug-likeness (QED) is 0.567. The second kappa shape index (κ2) is 7.15. The van der Waals surface area contributed by atoms with Crippen LogP contribution in [0, 0.1) is 24.7 Å². The van der Waals surface area contributed by atoms with Crippen LogP contribution in [0.3, 0.4) is 0 Å². The first-order valence-electron chi connectivity index (χ1n) is 8.54. The molecule has 3 rings (SSSR count). The maximum Gasteiger partial charge on any atom is 0.243 e. The third-order valence-electron chi connectivity index (χ3n) is 5.51. The molecule has 0 aromatic heterocycles. The van der Waals surface area contributed by atoms with E-state index in [0.717, 1.165) is 5.56 Å². The van der Waals surface area contributed by atoms with Crippen molar-refractivity contribution in [2.75, 3.05) is 27.1 Å². The molecule has 1 aromatic rings. The molecule has 0 N–H and O–H groups in total. The van der Waals surface area contributed by atoms with Gasteiger partial charge in [-0.3, -0.25) is 4.79 Å². The van der Waals surface area contributed by atoms with Gasteiger partial charge in [0, 0.05) is 26.0 Å². The Kier molecular flexibility index (Phi) is 5.29. The van der Waals surface area contributed by atoms with E-state index in [1.165, 1.54) is 11.4 Å². The SMILES string of the molecule is COCOC[C@@H]1[C@H]2CC(=O)[C@@H](C)[C@H]2CN1S(=O)(=O)c1ccc(C)cc1. The second-order valence-corrected chi connectivity index (χ2v) is 8.91. The number of hydrogen-bond acceptors (Lipinski definition) is 5. The normalized spacial score (nSPS) is 30.0. The molecule has 4 atom stereocenters. The van der Waals surface area contributed by atoms with E-state index in [0.29, 0.717) is 13.0 Å². The number of aryl methyl sites for hydroxylation is 1. The Labute approximate surface area is 149 Å². The van der Waals surface area contributed by atoms with Crippen molar-refractivity contribution in [3.05, 3.63) is 29.8 Å². The van der Waals surface area contributed by atoms with Crippen molar-refractivity contribution in [2.45, 2.75) is 31.2 Å². The van der Waals surface area contributed by atoms with Crippen LogP contribution in [0.2, 0.25) is 0 Å². The first-order valence-corrected chi connectivity index (χ1v) is 9.98. The summed E-state index contributed by atoms with van der Waals surface area (Å²) in [5.74, 6) is 0.190. The molecule has 0 unspecified atom stereocenters. The van der Waals surface area contributed by atoms with Gasteiger partial charge in [0.15, 0.2) is 0 Å². The highest BCUT2D eigenvalue weighted by molar-refractivity contribution is 7.89. The minimum absolute atomic E-state index is 0.0135. The van der Waals surface area contributed by atoms with Gasteiger partial charge in [-0.15, -0.1) is 0 Å². The Balaban J connectivity index is 1.90. The topological polar surface area (TPSA) is 72.9 Å². The van der Waals surface area contributed by atoms with Gasteiger partial charge >= 0.3 is 0 Å². The number of sulfonamides is 1. The van der Waals surface area contributed by atoms with E-state index in [4.69, 9.17) is 9.47 Å². The molecule has 0 spiro atoms. The van der Waals surface area contributed by atoms with Gasteiger partial charge in [-0.1, -0.05) is 24.6 Å². The summed E-state index contributed by atoms with van der Waals surface area (Å²) in [7, 11) is -2.10. The van der Waals surface area contributed by atoms with Crippen LogP contribution in [0.5, 0.6) is 0 Å². The van der Waals surface area contributed by atoms with E-state index in [-0.39, 0.29) is 47.9 Å². The molecule has 1 heterocycles. The molecule has 1 aromatic carbocycles. The third-order valence-corrected chi connectivity index (χ3v) is 7.41. The fourth-order valence-corrected chi connectivity index (χ4v) is 5.72. The van der Waals surface area contributed by atoms with E-state index in [9.17, 15) is 13.2 Å². The molecule has 7 heteroatoms. The highest BCUT2D eigenvalue weighted by atomic mass is 32.2.